The lowest BCUT2D eigenvalue weighted by atomic mass is 10.2. The molecule has 2 aliphatic rings. The first-order valence-corrected chi connectivity index (χ1v) is 3.34. The van der Waals surface area contributed by atoms with Crippen molar-refractivity contribution < 1.29 is 4.79 Å². The van der Waals surface area contributed by atoms with E-state index in [0.29, 0.717) is 6.04 Å². The molecule has 0 spiro atoms. The predicted molar refractivity (Wildman–Crippen MR) is 32.7 cm³/mol. The topological polar surface area (TPSA) is 46.1 Å². The van der Waals surface area contributed by atoms with E-state index in [0.717, 1.165) is 13.0 Å². The fraction of sp³-hybridized carbons (Fsp3) is 0.833. The van der Waals surface area contributed by atoms with Crippen LogP contribution in [0.15, 0.2) is 0 Å². The second kappa shape index (κ2) is 1.48. The first-order valence-electron chi connectivity index (χ1n) is 3.34. The summed E-state index contributed by atoms with van der Waals surface area (Å²) < 4.78 is 0. The van der Waals surface area contributed by atoms with E-state index in [1.54, 1.807) is 0 Å². The Kier molecular flexibility index (Phi) is 0.858. The largest absolute Gasteiger partial charge is 0.368 e. The smallest absolute Gasteiger partial charge is 0.234 e. The van der Waals surface area contributed by atoms with Crippen LogP contribution in [0.3, 0.4) is 0 Å². The Hall–Kier alpha value is -0.570. The van der Waals surface area contributed by atoms with Crippen LogP contribution in [0.4, 0.5) is 0 Å². The van der Waals surface area contributed by atoms with Crippen LogP contribution in [0.25, 0.3) is 0 Å². The zero-order chi connectivity index (χ0) is 6.43. The van der Waals surface area contributed by atoms with Gasteiger partial charge in [0, 0.05) is 12.6 Å². The van der Waals surface area contributed by atoms with Crippen molar-refractivity contribution in [3.63, 3.8) is 0 Å². The molecular formula is C6H10N2O. The van der Waals surface area contributed by atoms with Crippen molar-refractivity contribution in [2.45, 2.75) is 24.9 Å². The van der Waals surface area contributed by atoms with Gasteiger partial charge in [0.15, 0.2) is 0 Å². The molecular weight excluding hydrogens is 116 g/mol. The van der Waals surface area contributed by atoms with Crippen molar-refractivity contribution >= 4 is 5.91 Å². The predicted octanol–water partition coefficient (Wildman–Crippen LogP) is -0.682. The highest BCUT2D eigenvalue weighted by atomic mass is 16.1. The number of nitrogens with zero attached hydrogens (tertiary/aromatic N) is 1. The molecule has 1 amide bonds. The molecule has 0 bridgehead atoms. The number of piperidine rings is 1. The van der Waals surface area contributed by atoms with Gasteiger partial charge < -0.3 is 5.73 Å². The van der Waals surface area contributed by atoms with Crippen molar-refractivity contribution in [2.24, 2.45) is 5.73 Å². The lowest BCUT2D eigenvalue weighted by Gasteiger charge is -2.05. The van der Waals surface area contributed by atoms with Crippen LogP contribution >= 0.6 is 0 Å². The van der Waals surface area contributed by atoms with Gasteiger partial charge in [-0.1, -0.05) is 0 Å². The molecule has 3 nitrogen and oxygen atoms in total. The molecule has 3 heteroatoms. The molecule has 0 aromatic rings. The second-order valence-electron chi connectivity index (χ2n) is 2.85. The van der Waals surface area contributed by atoms with Crippen LogP contribution in [0.1, 0.15) is 12.8 Å². The molecule has 2 rings (SSSR count). The van der Waals surface area contributed by atoms with E-state index in [9.17, 15) is 4.79 Å². The van der Waals surface area contributed by atoms with Crippen molar-refractivity contribution in [1.82, 2.24) is 4.90 Å². The molecule has 50 valence electrons. The third-order valence-corrected chi connectivity index (χ3v) is 2.26. The highest BCUT2D eigenvalue weighted by Crippen LogP contribution is 2.34. The summed E-state index contributed by atoms with van der Waals surface area (Å²) in [4.78, 5) is 12.8. The highest BCUT2D eigenvalue weighted by molar-refractivity contribution is 5.80. The maximum atomic E-state index is 10.6. The molecule has 0 aliphatic carbocycles. The number of hydrogen-bond acceptors (Lipinski definition) is 2. The maximum Gasteiger partial charge on any atom is 0.234 e. The fourth-order valence-corrected chi connectivity index (χ4v) is 1.66. The summed E-state index contributed by atoms with van der Waals surface area (Å²) >= 11 is 0. The molecule has 0 aromatic carbocycles. The number of hydrogen-bond donors (Lipinski definition) is 1. The standard InChI is InChI=1S/C6H10N2O/c7-6(9)5-2-1-4-3-8(4)5/h4-5H,1-3H2,(H2,7,9). The Morgan fingerprint density at radius 3 is 2.56 bits per heavy atom. The highest BCUT2D eigenvalue weighted by Gasteiger charge is 2.47. The van der Waals surface area contributed by atoms with Gasteiger partial charge in [-0.15, -0.1) is 0 Å². The molecule has 9 heavy (non-hydrogen) atoms. The van der Waals surface area contributed by atoms with E-state index in [1.807, 2.05) is 0 Å². The molecule has 0 saturated carbocycles. The average molecular weight is 126 g/mol. The number of amides is 1. The Bertz CT molecular complexity index is 157. The van der Waals surface area contributed by atoms with Gasteiger partial charge in [-0.05, 0) is 12.8 Å². The Morgan fingerprint density at radius 2 is 2.33 bits per heavy atom. The van der Waals surface area contributed by atoms with Gasteiger partial charge in [-0.2, -0.15) is 0 Å². The summed E-state index contributed by atoms with van der Waals surface area (Å²) in [6, 6.07) is 0.789. The summed E-state index contributed by atoms with van der Waals surface area (Å²) in [6.07, 6.45) is 2.16. The quantitative estimate of drug-likeness (QED) is 0.473. The lowest BCUT2D eigenvalue weighted by Crippen LogP contribution is -2.32. The van der Waals surface area contributed by atoms with Crippen LogP contribution in [0, 0.1) is 0 Å². The summed E-state index contributed by atoms with van der Waals surface area (Å²) in [6.45, 7) is 1.10. The number of nitrogens with two attached hydrogens (primary N) is 1. The fourth-order valence-electron chi connectivity index (χ4n) is 1.66. The Balaban J connectivity index is 2.06. The summed E-state index contributed by atoms with van der Waals surface area (Å²) in [5.41, 5.74) is 5.13. The third-order valence-electron chi connectivity index (χ3n) is 2.26. The molecule has 2 saturated heterocycles. The van der Waals surface area contributed by atoms with Gasteiger partial charge >= 0.3 is 0 Å². The van der Waals surface area contributed by atoms with E-state index < -0.39 is 0 Å². The summed E-state index contributed by atoms with van der Waals surface area (Å²) in [7, 11) is 0. The van der Waals surface area contributed by atoms with Crippen molar-refractivity contribution in [3.05, 3.63) is 0 Å². The van der Waals surface area contributed by atoms with Crippen LogP contribution in [-0.4, -0.2) is 29.4 Å². The van der Waals surface area contributed by atoms with Crippen LogP contribution in [-0.2, 0) is 4.79 Å². The number of fused-ring (bicyclic) bond motifs is 1. The van der Waals surface area contributed by atoms with Gasteiger partial charge in [0.05, 0.1) is 6.04 Å². The molecule has 2 fully saturated rings. The molecule has 0 aromatic heterocycles. The maximum absolute atomic E-state index is 10.6. The van der Waals surface area contributed by atoms with E-state index >= 15 is 0 Å². The molecule has 3 atom stereocenters. The molecule has 0 radical (unpaired) electrons. The molecule has 3 unspecified atom stereocenters. The molecule has 2 aliphatic heterocycles. The SMILES string of the molecule is NC(=O)C1CCC2CN21. The van der Waals surface area contributed by atoms with Gasteiger partial charge in [0.2, 0.25) is 5.91 Å². The summed E-state index contributed by atoms with van der Waals surface area (Å²) in [5, 5.41) is 0. The zero-order valence-corrected chi connectivity index (χ0v) is 5.21. The number of carbonyl (C=O) groups excluding carboxylic acids is 1. The molecule has 2 heterocycles. The minimum Gasteiger partial charge on any atom is -0.368 e. The van der Waals surface area contributed by atoms with Gasteiger partial charge in [-0.3, -0.25) is 9.69 Å². The Morgan fingerprint density at radius 1 is 1.56 bits per heavy atom. The summed E-state index contributed by atoms with van der Waals surface area (Å²) in [5.74, 6) is -0.144. The van der Waals surface area contributed by atoms with Crippen LogP contribution < -0.4 is 5.73 Å². The monoisotopic (exact) mass is 126 g/mol. The van der Waals surface area contributed by atoms with E-state index in [2.05, 4.69) is 4.90 Å². The minimum absolute atomic E-state index is 0.0787. The van der Waals surface area contributed by atoms with Gasteiger partial charge in [-0.25, -0.2) is 0 Å². The van der Waals surface area contributed by atoms with Gasteiger partial charge in [0.1, 0.15) is 0 Å². The third kappa shape index (κ3) is 0.645. The zero-order valence-electron chi connectivity index (χ0n) is 5.21. The minimum atomic E-state index is -0.144. The first-order chi connectivity index (χ1) is 4.29. The van der Waals surface area contributed by atoms with Crippen molar-refractivity contribution in [1.29, 1.82) is 0 Å². The van der Waals surface area contributed by atoms with Gasteiger partial charge in [0.25, 0.3) is 0 Å². The van der Waals surface area contributed by atoms with E-state index in [4.69, 9.17) is 5.73 Å². The average Bonchev–Trinajstić information content (AvgIpc) is 2.43. The first kappa shape index (κ1) is 5.23. The number of carbonyl (C=O) groups is 1. The van der Waals surface area contributed by atoms with E-state index in [-0.39, 0.29) is 11.9 Å². The lowest BCUT2D eigenvalue weighted by molar-refractivity contribution is -0.121. The van der Waals surface area contributed by atoms with Crippen LogP contribution in [0.5, 0.6) is 0 Å². The van der Waals surface area contributed by atoms with Crippen molar-refractivity contribution in [2.75, 3.05) is 6.54 Å². The number of primary amides is 1. The van der Waals surface area contributed by atoms with Crippen molar-refractivity contribution in [3.8, 4) is 0 Å². The van der Waals surface area contributed by atoms with E-state index in [1.165, 1.54) is 6.42 Å². The van der Waals surface area contributed by atoms with Crippen LogP contribution in [0.2, 0.25) is 0 Å². The molecule has 2 N–H and O–H groups in total. The second-order valence-corrected chi connectivity index (χ2v) is 2.85. The number of rotatable bonds is 1. The Labute approximate surface area is 53.8 Å². The normalized spacial score (nSPS) is 46.4.